The molecule has 0 atom stereocenters. The highest BCUT2D eigenvalue weighted by Gasteiger charge is 2.10. The second kappa shape index (κ2) is 6.49. The number of carbonyl (C=O) groups excluding carboxylic acids is 1. The summed E-state index contributed by atoms with van der Waals surface area (Å²) in [6.45, 7) is 2.26. The highest BCUT2D eigenvalue weighted by molar-refractivity contribution is 7.14. The molecule has 2 aromatic heterocycles. The zero-order valence-corrected chi connectivity index (χ0v) is 14.5. The van der Waals surface area contributed by atoms with Gasteiger partial charge in [0.1, 0.15) is 6.54 Å². The first kappa shape index (κ1) is 15.5. The van der Waals surface area contributed by atoms with E-state index in [1.54, 1.807) is 6.33 Å². The van der Waals surface area contributed by atoms with Crippen LogP contribution < -0.4 is 5.32 Å². The first-order valence-electron chi connectivity index (χ1n) is 7.91. The van der Waals surface area contributed by atoms with Crippen molar-refractivity contribution in [1.82, 2.24) is 14.5 Å². The van der Waals surface area contributed by atoms with Gasteiger partial charge in [-0.15, -0.1) is 11.3 Å². The summed E-state index contributed by atoms with van der Waals surface area (Å²) < 4.78 is 1.83. The lowest BCUT2D eigenvalue weighted by molar-refractivity contribution is -0.116. The Labute approximate surface area is 149 Å². The number of anilines is 1. The van der Waals surface area contributed by atoms with Gasteiger partial charge in [-0.2, -0.15) is 0 Å². The third-order valence-electron chi connectivity index (χ3n) is 3.94. The second-order valence-corrected chi connectivity index (χ2v) is 6.67. The minimum atomic E-state index is -0.118. The van der Waals surface area contributed by atoms with Gasteiger partial charge in [0, 0.05) is 10.9 Å². The van der Waals surface area contributed by atoms with Crippen LogP contribution in [0.1, 0.15) is 5.56 Å². The van der Waals surface area contributed by atoms with Crippen LogP contribution in [-0.2, 0) is 11.3 Å². The van der Waals surface area contributed by atoms with Gasteiger partial charge in [-0.25, -0.2) is 9.97 Å². The number of nitrogens with one attached hydrogen (secondary N) is 1. The normalized spacial score (nSPS) is 10.9. The SMILES string of the molecule is Cc1ccc(-c2csc(NC(=O)Cn3cnc4ccccc43)n2)cc1. The number of rotatable bonds is 4. The maximum atomic E-state index is 12.3. The van der Waals surface area contributed by atoms with Crippen molar-refractivity contribution >= 4 is 33.4 Å². The molecule has 2 heterocycles. The first-order valence-corrected chi connectivity index (χ1v) is 8.79. The van der Waals surface area contributed by atoms with Crippen molar-refractivity contribution < 1.29 is 4.79 Å². The average molecular weight is 348 g/mol. The van der Waals surface area contributed by atoms with E-state index in [1.165, 1.54) is 16.9 Å². The fraction of sp³-hybridized carbons (Fsp3) is 0.105. The van der Waals surface area contributed by atoms with Crippen LogP contribution in [0.5, 0.6) is 0 Å². The Hall–Kier alpha value is -2.99. The fourth-order valence-corrected chi connectivity index (χ4v) is 3.37. The molecule has 4 rings (SSSR count). The van der Waals surface area contributed by atoms with Crippen molar-refractivity contribution in [3.05, 3.63) is 65.8 Å². The summed E-state index contributed by atoms with van der Waals surface area (Å²) in [5.41, 5.74) is 4.94. The van der Waals surface area contributed by atoms with Crippen LogP contribution in [0.3, 0.4) is 0 Å². The Morgan fingerprint density at radius 3 is 2.80 bits per heavy atom. The molecule has 0 unspecified atom stereocenters. The molecule has 0 aliphatic carbocycles. The lowest BCUT2D eigenvalue weighted by atomic mass is 10.1. The second-order valence-electron chi connectivity index (χ2n) is 5.81. The van der Waals surface area contributed by atoms with Crippen LogP contribution in [0, 0.1) is 6.92 Å². The maximum Gasteiger partial charge on any atom is 0.246 e. The van der Waals surface area contributed by atoms with E-state index in [2.05, 4.69) is 34.3 Å². The van der Waals surface area contributed by atoms with Gasteiger partial charge < -0.3 is 9.88 Å². The summed E-state index contributed by atoms with van der Waals surface area (Å²) in [7, 11) is 0. The number of carbonyl (C=O) groups is 1. The van der Waals surface area contributed by atoms with E-state index < -0.39 is 0 Å². The number of aromatic nitrogens is 3. The van der Waals surface area contributed by atoms with Gasteiger partial charge >= 0.3 is 0 Å². The number of fused-ring (bicyclic) bond motifs is 1. The van der Waals surface area contributed by atoms with Crippen LogP contribution in [-0.4, -0.2) is 20.4 Å². The lowest BCUT2D eigenvalue weighted by Crippen LogP contribution is -2.18. The molecular formula is C19H16N4OS. The van der Waals surface area contributed by atoms with E-state index in [0.29, 0.717) is 5.13 Å². The summed E-state index contributed by atoms with van der Waals surface area (Å²) in [5.74, 6) is -0.118. The standard InChI is InChI=1S/C19H16N4OS/c1-13-6-8-14(9-7-13)16-11-25-19(21-16)22-18(24)10-23-12-20-15-4-2-3-5-17(15)23/h2-9,11-12H,10H2,1H3,(H,21,22,24). The van der Waals surface area contributed by atoms with E-state index >= 15 is 0 Å². The molecule has 1 amide bonds. The third kappa shape index (κ3) is 3.29. The lowest BCUT2D eigenvalue weighted by Gasteiger charge is -2.04. The highest BCUT2D eigenvalue weighted by atomic mass is 32.1. The summed E-state index contributed by atoms with van der Waals surface area (Å²) in [6.07, 6.45) is 1.68. The van der Waals surface area contributed by atoms with Crippen LogP contribution in [0.4, 0.5) is 5.13 Å². The van der Waals surface area contributed by atoms with E-state index in [-0.39, 0.29) is 12.5 Å². The Morgan fingerprint density at radius 1 is 1.16 bits per heavy atom. The van der Waals surface area contributed by atoms with Crippen molar-refractivity contribution in [1.29, 1.82) is 0 Å². The van der Waals surface area contributed by atoms with Crippen molar-refractivity contribution in [2.24, 2.45) is 0 Å². The Balaban J connectivity index is 1.47. The molecule has 25 heavy (non-hydrogen) atoms. The Kier molecular flexibility index (Phi) is 4.03. The van der Waals surface area contributed by atoms with Crippen LogP contribution in [0.25, 0.3) is 22.3 Å². The molecule has 2 aromatic carbocycles. The number of thiazole rings is 1. The quantitative estimate of drug-likeness (QED) is 0.604. The van der Waals surface area contributed by atoms with Crippen molar-refractivity contribution in [3.8, 4) is 11.3 Å². The minimum absolute atomic E-state index is 0.118. The topological polar surface area (TPSA) is 59.8 Å². The van der Waals surface area contributed by atoms with E-state index in [0.717, 1.165) is 22.3 Å². The molecule has 0 aliphatic rings. The molecule has 0 spiro atoms. The predicted molar refractivity (Wildman–Crippen MR) is 101 cm³/mol. The molecule has 6 heteroatoms. The zero-order valence-electron chi connectivity index (χ0n) is 13.6. The molecule has 0 saturated heterocycles. The molecule has 5 nitrogen and oxygen atoms in total. The number of benzene rings is 2. The van der Waals surface area contributed by atoms with Crippen LogP contribution >= 0.6 is 11.3 Å². The highest BCUT2D eigenvalue weighted by Crippen LogP contribution is 2.25. The molecule has 0 bridgehead atoms. The molecule has 0 radical (unpaired) electrons. The first-order chi connectivity index (χ1) is 12.2. The molecule has 0 saturated carbocycles. The molecule has 4 aromatic rings. The summed E-state index contributed by atoms with van der Waals surface area (Å²) >= 11 is 1.43. The van der Waals surface area contributed by atoms with Gasteiger partial charge in [0.2, 0.25) is 5.91 Å². The zero-order chi connectivity index (χ0) is 17.2. The van der Waals surface area contributed by atoms with Gasteiger partial charge in [0.15, 0.2) is 5.13 Å². The van der Waals surface area contributed by atoms with Gasteiger partial charge in [-0.1, -0.05) is 42.0 Å². The predicted octanol–water partition coefficient (Wildman–Crippen LogP) is 4.11. The Bertz CT molecular complexity index is 1030. The number of nitrogens with zero attached hydrogens (tertiary/aromatic N) is 3. The number of aryl methyl sites for hydroxylation is 1. The van der Waals surface area contributed by atoms with Crippen molar-refractivity contribution in [3.63, 3.8) is 0 Å². The monoisotopic (exact) mass is 348 g/mol. The van der Waals surface area contributed by atoms with Gasteiger partial charge in [0.05, 0.1) is 23.1 Å². The number of hydrogen-bond acceptors (Lipinski definition) is 4. The number of hydrogen-bond donors (Lipinski definition) is 1. The third-order valence-corrected chi connectivity index (χ3v) is 4.70. The van der Waals surface area contributed by atoms with Gasteiger partial charge in [-0.05, 0) is 19.1 Å². The summed E-state index contributed by atoms with van der Waals surface area (Å²) in [4.78, 5) is 21.1. The van der Waals surface area contributed by atoms with E-state index in [1.807, 2.05) is 46.3 Å². The largest absolute Gasteiger partial charge is 0.321 e. The molecule has 124 valence electrons. The maximum absolute atomic E-state index is 12.3. The van der Waals surface area contributed by atoms with Crippen LogP contribution in [0.15, 0.2) is 60.2 Å². The van der Waals surface area contributed by atoms with Gasteiger partial charge in [0.25, 0.3) is 0 Å². The Morgan fingerprint density at radius 2 is 1.96 bits per heavy atom. The number of para-hydroxylation sites is 2. The van der Waals surface area contributed by atoms with Crippen LogP contribution in [0.2, 0.25) is 0 Å². The molecule has 1 N–H and O–H groups in total. The number of imidazole rings is 1. The van der Waals surface area contributed by atoms with E-state index in [9.17, 15) is 4.79 Å². The fourth-order valence-electron chi connectivity index (χ4n) is 2.64. The summed E-state index contributed by atoms with van der Waals surface area (Å²) in [5, 5.41) is 5.42. The average Bonchev–Trinajstić information content (AvgIpc) is 3.23. The van der Waals surface area contributed by atoms with E-state index in [4.69, 9.17) is 0 Å². The summed E-state index contributed by atoms with van der Waals surface area (Å²) in [6, 6.07) is 15.9. The smallest absolute Gasteiger partial charge is 0.246 e. The molecule has 0 fully saturated rings. The van der Waals surface area contributed by atoms with Crippen molar-refractivity contribution in [2.45, 2.75) is 13.5 Å². The minimum Gasteiger partial charge on any atom is -0.321 e. The van der Waals surface area contributed by atoms with Crippen molar-refractivity contribution in [2.75, 3.05) is 5.32 Å². The molecule has 0 aliphatic heterocycles. The molecular weight excluding hydrogens is 332 g/mol. The van der Waals surface area contributed by atoms with Gasteiger partial charge in [-0.3, -0.25) is 4.79 Å². The number of amides is 1.